The van der Waals surface area contributed by atoms with Crippen LogP contribution < -0.4 is 4.74 Å². The summed E-state index contributed by atoms with van der Waals surface area (Å²) in [5, 5.41) is 0. The zero-order chi connectivity index (χ0) is 14.8. The van der Waals surface area contributed by atoms with Crippen LogP contribution in [0, 0.1) is 11.7 Å². The van der Waals surface area contributed by atoms with E-state index in [0.717, 1.165) is 12.8 Å². The Labute approximate surface area is 123 Å². The molecule has 0 radical (unpaired) electrons. The summed E-state index contributed by atoms with van der Waals surface area (Å²) < 4.78 is 19.2. The third-order valence-electron chi connectivity index (χ3n) is 4.16. The lowest BCUT2D eigenvalue weighted by Gasteiger charge is -2.24. The third kappa shape index (κ3) is 2.56. The molecule has 0 saturated carbocycles. The van der Waals surface area contributed by atoms with Crippen LogP contribution in [0.1, 0.15) is 27.9 Å². The van der Waals surface area contributed by atoms with Crippen LogP contribution in [-0.2, 0) is 12.8 Å². The zero-order valence-electron chi connectivity index (χ0n) is 11.9. The van der Waals surface area contributed by atoms with Crippen molar-refractivity contribution >= 4 is 5.78 Å². The van der Waals surface area contributed by atoms with Gasteiger partial charge < -0.3 is 4.74 Å². The van der Waals surface area contributed by atoms with Gasteiger partial charge in [-0.3, -0.25) is 4.79 Å². The summed E-state index contributed by atoms with van der Waals surface area (Å²) in [5.74, 6) is -0.512. The number of halogens is 1. The van der Waals surface area contributed by atoms with E-state index in [-0.39, 0.29) is 17.3 Å². The summed E-state index contributed by atoms with van der Waals surface area (Å²) in [4.78, 5) is 12.7. The number of hydrogen-bond acceptors (Lipinski definition) is 2. The summed E-state index contributed by atoms with van der Waals surface area (Å²) in [6, 6.07) is 12.6. The highest BCUT2D eigenvalue weighted by molar-refractivity contribution is 6.00. The van der Waals surface area contributed by atoms with Gasteiger partial charge in [-0.05, 0) is 42.5 Å². The van der Waals surface area contributed by atoms with E-state index < -0.39 is 5.82 Å². The van der Waals surface area contributed by atoms with Crippen LogP contribution in [0.3, 0.4) is 0 Å². The van der Waals surface area contributed by atoms with Crippen molar-refractivity contribution in [2.75, 3.05) is 7.11 Å². The maximum atomic E-state index is 14.0. The number of ketones is 1. The molecule has 0 aromatic heterocycles. The first-order valence-corrected chi connectivity index (χ1v) is 7.14. The average molecular weight is 284 g/mol. The quantitative estimate of drug-likeness (QED) is 0.801. The fourth-order valence-electron chi connectivity index (χ4n) is 3.04. The second-order valence-electron chi connectivity index (χ2n) is 5.39. The Balaban J connectivity index is 1.91. The molecule has 0 saturated heterocycles. The fraction of sp³-hybridized carbons (Fsp3) is 0.278. The molecule has 3 heteroatoms. The van der Waals surface area contributed by atoms with Crippen LogP contribution in [0.2, 0.25) is 0 Å². The molecule has 1 unspecified atom stereocenters. The van der Waals surface area contributed by atoms with Gasteiger partial charge in [-0.2, -0.15) is 0 Å². The first-order chi connectivity index (χ1) is 10.2. The van der Waals surface area contributed by atoms with Crippen LogP contribution in [0.15, 0.2) is 42.5 Å². The molecule has 0 aliphatic heterocycles. The predicted molar refractivity (Wildman–Crippen MR) is 79.2 cm³/mol. The smallest absolute Gasteiger partial charge is 0.172 e. The van der Waals surface area contributed by atoms with Gasteiger partial charge in [-0.1, -0.05) is 30.3 Å². The first kappa shape index (κ1) is 13.8. The largest absolute Gasteiger partial charge is 0.496 e. The molecule has 0 fully saturated rings. The molecular formula is C18H17FO2. The number of aryl methyl sites for hydroxylation is 1. The van der Waals surface area contributed by atoms with Crippen LogP contribution in [-0.4, -0.2) is 12.9 Å². The topological polar surface area (TPSA) is 26.3 Å². The monoisotopic (exact) mass is 284 g/mol. The molecule has 1 aliphatic rings. The number of Topliss-reactive ketones (excluding diaryl/α,β-unsaturated/α-hetero) is 1. The summed E-state index contributed by atoms with van der Waals surface area (Å²) in [6.07, 6.45) is 2.29. The van der Waals surface area contributed by atoms with Crippen molar-refractivity contribution in [3.05, 3.63) is 65.0 Å². The van der Waals surface area contributed by atoms with E-state index in [1.165, 1.54) is 24.3 Å². The number of carbonyl (C=O) groups excluding carboxylic acids is 1. The predicted octanol–water partition coefficient (Wildman–Crippen LogP) is 3.82. The molecule has 0 heterocycles. The van der Waals surface area contributed by atoms with E-state index in [1.807, 2.05) is 18.2 Å². The van der Waals surface area contributed by atoms with Crippen LogP contribution in [0.4, 0.5) is 4.39 Å². The maximum Gasteiger partial charge on any atom is 0.172 e. The van der Waals surface area contributed by atoms with Crippen LogP contribution in [0.5, 0.6) is 5.75 Å². The lowest BCUT2D eigenvalue weighted by atomic mass is 9.80. The van der Waals surface area contributed by atoms with Crippen LogP contribution in [0.25, 0.3) is 0 Å². The van der Waals surface area contributed by atoms with E-state index in [0.29, 0.717) is 12.2 Å². The van der Waals surface area contributed by atoms with Crippen molar-refractivity contribution in [2.45, 2.75) is 19.3 Å². The van der Waals surface area contributed by atoms with Crippen molar-refractivity contribution in [2.24, 2.45) is 5.92 Å². The van der Waals surface area contributed by atoms with E-state index >= 15 is 0 Å². The van der Waals surface area contributed by atoms with Crippen molar-refractivity contribution in [1.29, 1.82) is 0 Å². The molecule has 0 N–H and O–H groups in total. The summed E-state index contributed by atoms with van der Waals surface area (Å²) >= 11 is 0. The number of benzene rings is 2. The van der Waals surface area contributed by atoms with Crippen molar-refractivity contribution in [3.8, 4) is 5.75 Å². The van der Waals surface area contributed by atoms with Crippen molar-refractivity contribution in [3.63, 3.8) is 0 Å². The Bertz CT molecular complexity index is 679. The normalized spacial score (nSPS) is 17.1. The van der Waals surface area contributed by atoms with Gasteiger partial charge in [0.25, 0.3) is 0 Å². The number of hydrogen-bond donors (Lipinski definition) is 0. The molecular weight excluding hydrogens is 267 g/mol. The van der Waals surface area contributed by atoms with E-state index in [1.54, 1.807) is 12.1 Å². The number of methoxy groups -OCH3 is 1. The van der Waals surface area contributed by atoms with Gasteiger partial charge in [0.05, 0.1) is 12.7 Å². The molecule has 0 amide bonds. The molecule has 2 aromatic carbocycles. The summed E-state index contributed by atoms with van der Waals surface area (Å²) in [5.41, 5.74) is 2.57. The third-order valence-corrected chi connectivity index (χ3v) is 4.16. The number of rotatable bonds is 3. The Morgan fingerprint density at radius 3 is 2.67 bits per heavy atom. The fourth-order valence-corrected chi connectivity index (χ4v) is 3.04. The summed E-state index contributed by atoms with van der Waals surface area (Å²) in [6.45, 7) is 0. The zero-order valence-corrected chi connectivity index (χ0v) is 11.9. The standard InChI is InChI=1S/C18H17FO2/c1-21-16-8-4-7-15(19)17(16)18(20)14-10-9-12-5-2-3-6-13(12)11-14/h2-8,14H,9-11H2,1H3. The van der Waals surface area contributed by atoms with Gasteiger partial charge in [-0.15, -0.1) is 0 Å². The van der Waals surface area contributed by atoms with Gasteiger partial charge in [0.1, 0.15) is 11.6 Å². The Hall–Kier alpha value is -2.16. The lowest BCUT2D eigenvalue weighted by Crippen LogP contribution is -2.24. The Kier molecular flexibility index (Phi) is 3.74. The maximum absolute atomic E-state index is 14.0. The van der Waals surface area contributed by atoms with Gasteiger partial charge in [0.15, 0.2) is 5.78 Å². The van der Waals surface area contributed by atoms with Gasteiger partial charge in [-0.25, -0.2) is 4.39 Å². The van der Waals surface area contributed by atoms with Gasteiger partial charge in [0, 0.05) is 5.92 Å². The van der Waals surface area contributed by atoms with E-state index in [9.17, 15) is 9.18 Å². The minimum absolute atomic E-state index is 0.0874. The van der Waals surface area contributed by atoms with Gasteiger partial charge in [0.2, 0.25) is 0 Å². The van der Waals surface area contributed by atoms with Crippen molar-refractivity contribution in [1.82, 2.24) is 0 Å². The second-order valence-corrected chi connectivity index (χ2v) is 5.39. The van der Waals surface area contributed by atoms with E-state index in [2.05, 4.69) is 6.07 Å². The molecule has 0 bridgehead atoms. The summed E-state index contributed by atoms with van der Waals surface area (Å²) in [7, 11) is 1.46. The highest BCUT2D eigenvalue weighted by Crippen LogP contribution is 2.31. The Morgan fingerprint density at radius 1 is 1.14 bits per heavy atom. The molecule has 2 aromatic rings. The highest BCUT2D eigenvalue weighted by atomic mass is 19.1. The molecule has 108 valence electrons. The molecule has 1 aliphatic carbocycles. The second kappa shape index (κ2) is 5.68. The molecule has 3 rings (SSSR count). The lowest BCUT2D eigenvalue weighted by molar-refractivity contribution is 0.0901. The van der Waals surface area contributed by atoms with E-state index in [4.69, 9.17) is 4.74 Å². The molecule has 0 spiro atoms. The Morgan fingerprint density at radius 2 is 1.90 bits per heavy atom. The SMILES string of the molecule is COc1cccc(F)c1C(=O)C1CCc2ccccc2C1. The molecule has 1 atom stereocenters. The van der Waals surface area contributed by atoms with Crippen molar-refractivity contribution < 1.29 is 13.9 Å². The van der Waals surface area contributed by atoms with Gasteiger partial charge >= 0.3 is 0 Å². The molecule has 21 heavy (non-hydrogen) atoms. The molecule has 2 nitrogen and oxygen atoms in total. The minimum Gasteiger partial charge on any atom is -0.496 e. The number of ether oxygens (including phenoxy) is 1. The first-order valence-electron chi connectivity index (χ1n) is 7.14. The number of fused-ring (bicyclic) bond motifs is 1. The average Bonchev–Trinajstić information content (AvgIpc) is 2.53. The minimum atomic E-state index is -0.502. The number of carbonyl (C=O) groups is 1. The highest BCUT2D eigenvalue weighted by Gasteiger charge is 2.29. The van der Waals surface area contributed by atoms with Crippen LogP contribution >= 0.6 is 0 Å².